The predicted octanol–water partition coefficient (Wildman–Crippen LogP) is 0.511. The van der Waals surface area contributed by atoms with Crippen molar-refractivity contribution < 1.29 is 4.79 Å². The molecular formula is C9H18N2O. The van der Waals surface area contributed by atoms with Gasteiger partial charge in [-0.1, -0.05) is 6.92 Å². The topological polar surface area (TPSA) is 41.1 Å². The molecule has 12 heavy (non-hydrogen) atoms. The molecule has 0 bridgehead atoms. The highest BCUT2D eigenvalue weighted by atomic mass is 16.1. The summed E-state index contributed by atoms with van der Waals surface area (Å²) in [5.74, 6) is 0.692. The van der Waals surface area contributed by atoms with Crippen LogP contribution in [0, 0.1) is 5.92 Å². The average Bonchev–Trinajstić information content (AvgIpc) is 2.16. The van der Waals surface area contributed by atoms with Crippen LogP contribution in [-0.2, 0) is 4.79 Å². The highest BCUT2D eigenvalue weighted by Crippen LogP contribution is 2.13. The molecule has 0 saturated carbocycles. The van der Waals surface area contributed by atoms with E-state index in [1.165, 1.54) is 0 Å². The van der Waals surface area contributed by atoms with E-state index in [1.54, 1.807) is 6.92 Å². The maximum Gasteiger partial charge on any atom is 0.217 e. The first-order valence-electron chi connectivity index (χ1n) is 4.68. The smallest absolute Gasteiger partial charge is 0.217 e. The number of rotatable bonds is 1. The van der Waals surface area contributed by atoms with Crippen LogP contribution in [-0.4, -0.2) is 25.0 Å². The molecule has 70 valence electrons. The van der Waals surface area contributed by atoms with Crippen molar-refractivity contribution in [1.82, 2.24) is 10.6 Å². The minimum Gasteiger partial charge on any atom is -0.353 e. The van der Waals surface area contributed by atoms with E-state index in [0.29, 0.717) is 12.0 Å². The van der Waals surface area contributed by atoms with Crippen LogP contribution in [0.3, 0.4) is 0 Å². The third kappa shape index (κ3) is 2.81. The second-order valence-corrected chi connectivity index (χ2v) is 3.61. The molecule has 1 amide bonds. The van der Waals surface area contributed by atoms with Crippen LogP contribution in [0.2, 0.25) is 0 Å². The quantitative estimate of drug-likeness (QED) is 0.602. The first-order chi connectivity index (χ1) is 5.70. The van der Waals surface area contributed by atoms with Gasteiger partial charge in [-0.15, -0.1) is 0 Å². The van der Waals surface area contributed by atoms with Crippen molar-refractivity contribution in [3.63, 3.8) is 0 Å². The zero-order chi connectivity index (χ0) is 8.97. The van der Waals surface area contributed by atoms with Gasteiger partial charge in [-0.05, 0) is 31.8 Å². The summed E-state index contributed by atoms with van der Waals surface area (Å²) in [4.78, 5) is 10.8. The van der Waals surface area contributed by atoms with E-state index >= 15 is 0 Å². The van der Waals surface area contributed by atoms with E-state index in [0.717, 1.165) is 25.9 Å². The Morgan fingerprint density at radius 1 is 1.42 bits per heavy atom. The van der Waals surface area contributed by atoms with Gasteiger partial charge in [-0.25, -0.2) is 0 Å². The van der Waals surface area contributed by atoms with Gasteiger partial charge in [-0.2, -0.15) is 0 Å². The van der Waals surface area contributed by atoms with Crippen LogP contribution in [0.25, 0.3) is 0 Å². The molecule has 1 aliphatic heterocycles. The van der Waals surface area contributed by atoms with Crippen LogP contribution < -0.4 is 10.6 Å². The fourth-order valence-electron chi connectivity index (χ4n) is 1.67. The third-order valence-electron chi connectivity index (χ3n) is 2.48. The molecule has 2 atom stereocenters. The van der Waals surface area contributed by atoms with Gasteiger partial charge in [0.15, 0.2) is 0 Å². The van der Waals surface area contributed by atoms with E-state index in [4.69, 9.17) is 0 Å². The lowest BCUT2D eigenvalue weighted by molar-refractivity contribution is -0.120. The van der Waals surface area contributed by atoms with Crippen LogP contribution in [0.1, 0.15) is 26.7 Å². The van der Waals surface area contributed by atoms with Gasteiger partial charge >= 0.3 is 0 Å². The molecule has 1 rings (SSSR count). The van der Waals surface area contributed by atoms with E-state index in [1.807, 2.05) is 0 Å². The zero-order valence-electron chi connectivity index (χ0n) is 7.89. The molecule has 0 radical (unpaired) electrons. The number of carbonyl (C=O) groups is 1. The summed E-state index contributed by atoms with van der Waals surface area (Å²) in [5, 5.41) is 6.32. The Balaban J connectivity index is 2.41. The lowest BCUT2D eigenvalue weighted by atomic mass is 9.97. The predicted molar refractivity (Wildman–Crippen MR) is 48.9 cm³/mol. The zero-order valence-corrected chi connectivity index (χ0v) is 7.89. The Kier molecular flexibility index (Phi) is 3.53. The molecule has 0 aromatic carbocycles. The van der Waals surface area contributed by atoms with E-state index in [-0.39, 0.29) is 5.91 Å². The molecule has 2 N–H and O–H groups in total. The summed E-state index contributed by atoms with van der Waals surface area (Å²) in [6, 6.07) is 0.373. The van der Waals surface area contributed by atoms with Crippen molar-refractivity contribution in [3.05, 3.63) is 0 Å². The minimum atomic E-state index is 0.0914. The van der Waals surface area contributed by atoms with Gasteiger partial charge in [0.05, 0.1) is 0 Å². The lowest BCUT2D eigenvalue weighted by Gasteiger charge is -2.21. The number of hydrogen-bond donors (Lipinski definition) is 2. The molecule has 1 aliphatic rings. The van der Waals surface area contributed by atoms with Crippen LogP contribution in [0.5, 0.6) is 0 Å². The van der Waals surface area contributed by atoms with Gasteiger partial charge < -0.3 is 10.6 Å². The second-order valence-electron chi connectivity index (χ2n) is 3.61. The molecule has 0 aromatic rings. The van der Waals surface area contributed by atoms with Crippen molar-refractivity contribution in [1.29, 1.82) is 0 Å². The van der Waals surface area contributed by atoms with Crippen LogP contribution in [0.15, 0.2) is 0 Å². The summed E-state index contributed by atoms with van der Waals surface area (Å²) < 4.78 is 0. The largest absolute Gasteiger partial charge is 0.353 e. The number of hydrogen-bond acceptors (Lipinski definition) is 2. The Morgan fingerprint density at radius 2 is 2.08 bits per heavy atom. The SMILES string of the molecule is CC(=O)N[C@@H]1CCNCC[C@@H]1C. The maximum absolute atomic E-state index is 10.8. The Labute approximate surface area is 73.9 Å². The highest BCUT2D eigenvalue weighted by molar-refractivity contribution is 5.73. The normalized spacial score (nSPS) is 30.8. The molecule has 1 saturated heterocycles. The van der Waals surface area contributed by atoms with E-state index in [2.05, 4.69) is 17.6 Å². The molecule has 0 aromatic heterocycles. The summed E-state index contributed by atoms with van der Waals surface area (Å²) in [5.41, 5.74) is 0. The van der Waals surface area contributed by atoms with Gasteiger partial charge in [0.25, 0.3) is 0 Å². The van der Waals surface area contributed by atoms with Crippen molar-refractivity contribution in [2.24, 2.45) is 5.92 Å². The fraction of sp³-hybridized carbons (Fsp3) is 0.889. The average molecular weight is 170 g/mol. The minimum absolute atomic E-state index is 0.0914. The van der Waals surface area contributed by atoms with Gasteiger partial charge in [-0.3, -0.25) is 4.79 Å². The summed E-state index contributed by atoms with van der Waals surface area (Å²) in [6.45, 7) is 5.89. The first-order valence-corrected chi connectivity index (χ1v) is 4.68. The van der Waals surface area contributed by atoms with Crippen molar-refractivity contribution >= 4 is 5.91 Å². The summed E-state index contributed by atoms with van der Waals surface area (Å²) in [6.07, 6.45) is 2.21. The van der Waals surface area contributed by atoms with Gasteiger partial charge in [0, 0.05) is 13.0 Å². The van der Waals surface area contributed by atoms with Gasteiger partial charge in [0.2, 0.25) is 5.91 Å². The Morgan fingerprint density at radius 3 is 2.75 bits per heavy atom. The standard InChI is InChI=1S/C9H18N2O/c1-7-3-5-10-6-4-9(7)11-8(2)12/h7,9-10H,3-6H2,1-2H3,(H,11,12)/t7-,9+/m0/s1. The van der Waals surface area contributed by atoms with Crippen molar-refractivity contribution in [2.75, 3.05) is 13.1 Å². The molecular weight excluding hydrogens is 152 g/mol. The Hall–Kier alpha value is -0.570. The summed E-state index contributed by atoms with van der Waals surface area (Å²) in [7, 11) is 0. The van der Waals surface area contributed by atoms with Crippen LogP contribution >= 0.6 is 0 Å². The monoisotopic (exact) mass is 170 g/mol. The number of nitrogens with one attached hydrogen (secondary N) is 2. The van der Waals surface area contributed by atoms with Gasteiger partial charge in [0.1, 0.15) is 0 Å². The van der Waals surface area contributed by atoms with E-state index < -0.39 is 0 Å². The highest BCUT2D eigenvalue weighted by Gasteiger charge is 2.19. The summed E-state index contributed by atoms with van der Waals surface area (Å²) >= 11 is 0. The second kappa shape index (κ2) is 4.45. The number of carbonyl (C=O) groups excluding carboxylic acids is 1. The number of amides is 1. The molecule has 0 spiro atoms. The fourth-order valence-corrected chi connectivity index (χ4v) is 1.67. The molecule has 1 fully saturated rings. The third-order valence-corrected chi connectivity index (χ3v) is 2.48. The molecule has 0 aliphatic carbocycles. The first kappa shape index (κ1) is 9.52. The van der Waals surface area contributed by atoms with Crippen molar-refractivity contribution in [2.45, 2.75) is 32.7 Å². The molecule has 0 unspecified atom stereocenters. The van der Waals surface area contributed by atoms with Crippen molar-refractivity contribution in [3.8, 4) is 0 Å². The lowest BCUT2D eigenvalue weighted by Crippen LogP contribution is -2.38. The molecule has 3 nitrogen and oxygen atoms in total. The molecule has 1 heterocycles. The maximum atomic E-state index is 10.8. The molecule has 3 heteroatoms. The Bertz CT molecular complexity index is 159. The van der Waals surface area contributed by atoms with Crippen LogP contribution in [0.4, 0.5) is 0 Å². The van der Waals surface area contributed by atoms with E-state index in [9.17, 15) is 4.79 Å².